The summed E-state index contributed by atoms with van der Waals surface area (Å²) in [6, 6.07) is 7.30. The predicted octanol–water partition coefficient (Wildman–Crippen LogP) is 3.65. The summed E-state index contributed by atoms with van der Waals surface area (Å²) in [4.78, 5) is 17.0. The van der Waals surface area contributed by atoms with Crippen molar-refractivity contribution in [1.82, 2.24) is 14.6 Å². The molecule has 6 nitrogen and oxygen atoms in total. The van der Waals surface area contributed by atoms with Gasteiger partial charge >= 0.3 is 0 Å². The van der Waals surface area contributed by atoms with E-state index >= 15 is 0 Å². The zero-order valence-corrected chi connectivity index (χ0v) is 18.8. The number of nitrogens with one attached hydrogen (secondary N) is 1. The third-order valence-corrected chi connectivity index (χ3v) is 7.90. The molecule has 0 radical (unpaired) electrons. The van der Waals surface area contributed by atoms with Gasteiger partial charge in [-0.15, -0.1) is 0 Å². The summed E-state index contributed by atoms with van der Waals surface area (Å²) in [6.45, 7) is 5.81. The summed E-state index contributed by atoms with van der Waals surface area (Å²) < 4.78 is 28.9. The first-order valence-electron chi connectivity index (χ1n) is 10.5. The maximum absolute atomic E-state index is 13.7. The van der Waals surface area contributed by atoms with E-state index in [-0.39, 0.29) is 18.5 Å². The van der Waals surface area contributed by atoms with E-state index in [1.807, 2.05) is 45.0 Å². The van der Waals surface area contributed by atoms with E-state index in [1.54, 1.807) is 12.4 Å². The number of sulfonamides is 1. The lowest BCUT2D eigenvalue weighted by atomic mass is 9.95. The van der Waals surface area contributed by atoms with E-state index in [4.69, 9.17) is 0 Å². The molecule has 1 saturated carbocycles. The molecule has 1 aromatic carbocycles. The average molecular weight is 430 g/mol. The number of carbonyl (C=O) groups is 1. The van der Waals surface area contributed by atoms with E-state index in [0.29, 0.717) is 11.4 Å². The summed E-state index contributed by atoms with van der Waals surface area (Å²) in [5.41, 5.74) is 3.41. The number of hydrogen-bond acceptors (Lipinski definition) is 4. The molecule has 1 aliphatic rings. The second-order valence-corrected chi connectivity index (χ2v) is 10.0. The van der Waals surface area contributed by atoms with E-state index in [0.717, 1.165) is 54.4 Å². The number of aromatic nitrogens is 1. The molecular formula is C23H31N3O3S. The highest BCUT2D eigenvalue weighted by atomic mass is 32.2. The van der Waals surface area contributed by atoms with Gasteiger partial charge < -0.3 is 5.32 Å². The average Bonchev–Trinajstić information content (AvgIpc) is 2.71. The first-order chi connectivity index (χ1) is 14.3. The van der Waals surface area contributed by atoms with Crippen molar-refractivity contribution in [3.8, 4) is 0 Å². The molecule has 7 heteroatoms. The van der Waals surface area contributed by atoms with Crippen molar-refractivity contribution < 1.29 is 13.2 Å². The lowest BCUT2D eigenvalue weighted by Crippen LogP contribution is -2.47. The van der Waals surface area contributed by atoms with Crippen molar-refractivity contribution in [2.24, 2.45) is 0 Å². The van der Waals surface area contributed by atoms with Gasteiger partial charge in [0.15, 0.2) is 0 Å². The number of nitrogens with zero attached hydrogens (tertiary/aromatic N) is 2. The third kappa shape index (κ3) is 5.26. The number of amides is 1. The second kappa shape index (κ2) is 9.71. The molecule has 1 amide bonds. The summed E-state index contributed by atoms with van der Waals surface area (Å²) in [6.07, 6.45) is 8.01. The van der Waals surface area contributed by atoms with Crippen LogP contribution in [0.15, 0.2) is 41.6 Å². The molecule has 0 atom stereocenters. The molecule has 3 rings (SSSR count). The molecular weight excluding hydrogens is 398 g/mol. The standard InChI is InChI=1S/C23H31N3O3S/c1-17-13-18(2)23(19(3)14-17)30(28,29)26(21-7-5-4-6-8-21)16-22(27)25-15-20-9-11-24-12-10-20/h9-14,21H,4-8,15-16H2,1-3H3,(H,25,27). The maximum Gasteiger partial charge on any atom is 0.244 e. The van der Waals surface area contributed by atoms with Gasteiger partial charge in [0.1, 0.15) is 0 Å². The SMILES string of the molecule is Cc1cc(C)c(S(=O)(=O)N(CC(=O)NCc2ccncc2)C2CCCCC2)c(C)c1. The fourth-order valence-electron chi connectivity index (χ4n) is 4.37. The summed E-state index contributed by atoms with van der Waals surface area (Å²) in [5, 5.41) is 2.86. The van der Waals surface area contributed by atoms with Crippen LogP contribution in [0.5, 0.6) is 0 Å². The van der Waals surface area contributed by atoms with Crippen LogP contribution in [0.25, 0.3) is 0 Å². The van der Waals surface area contributed by atoms with Crippen LogP contribution in [0.2, 0.25) is 0 Å². The number of pyridine rings is 1. The first-order valence-corrected chi connectivity index (χ1v) is 12.0. The van der Waals surface area contributed by atoms with Gasteiger partial charge in [-0.05, 0) is 62.4 Å². The summed E-state index contributed by atoms with van der Waals surface area (Å²) in [7, 11) is -3.79. The molecule has 0 spiro atoms. The Morgan fingerprint density at radius 2 is 1.67 bits per heavy atom. The molecule has 1 aromatic heterocycles. The fraction of sp³-hybridized carbons (Fsp3) is 0.478. The van der Waals surface area contributed by atoms with Crippen LogP contribution in [0, 0.1) is 20.8 Å². The van der Waals surface area contributed by atoms with Crippen LogP contribution in [-0.2, 0) is 21.4 Å². The van der Waals surface area contributed by atoms with Crippen LogP contribution in [0.4, 0.5) is 0 Å². The van der Waals surface area contributed by atoms with E-state index in [1.165, 1.54) is 4.31 Å². The third-order valence-electron chi connectivity index (χ3n) is 5.69. The Morgan fingerprint density at radius 3 is 2.27 bits per heavy atom. The van der Waals surface area contributed by atoms with E-state index in [9.17, 15) is 13.2 Å². The van der Waals surface area contributed by atoms with E-state index in [2.05, 4.69) is 10.3 Å². The Morgan fingerprint density at radius 1 is 1.07 bits per heavy atom. The van der Waals surface area contributed by atoms with Crippen LogP contribution in [0.1, 0.15) is 54.4 Å². The Labute approximate surface area is 179 Å². The van der Waals surface area contributed by atoms with Crippen LogP contribution >= 0.6 is 0 Å². The molecule has 1 N–H and O–H groups in total. The highest BCUT2D eigenvalue weighted by Gasteiger charge is 2.35. The van der Waals surface area contributed by atoms with Crippen LogP contribution in [0.3, 0.4) is 0 Å². The Balaban J connectivity index is 1.86. The molecule has 30 heavy (non-hydrogen) atoms. The van der Waals surface area contributed by atoms with Crippen molar-refractivity contribution in [1.29, 1.82) is 0 Å². The van der Waals surface area contributed by atoms with Gasteiger partial charge in [0.05, 0.1) is 11.4 Å². The maximum atomic E-state index is 13.7. The Bertz CT molecular complexity index is 961. The number of aryl methyl sites for hydroxylation is 3. The minimum absolute atomic E-state index is 0.143. The van der Waals surface area contributed by atoms with Crippen LogP contribution in [-0.4, -0.2) is 36.2 Å². The van der Waals surface area contributed by atoms with Gasteiger partial charge in [-0.1, -0.05) is 37.0 Å². The zero-order valence-electron chi connectivity index (χ0n) is 18.0. The number of rotatable bonds is 7. The van der Waals surface area contributed by atoms with E-state index < -0.39 is 10.0 Å². The van der Waals surface area contributed by atoms with Crippen molar-refractivity contribution >= 4 is 15.9 Å². The van der Waals surface area contributed by atoms with Crippen molar-refractivity contribution in [2.45, 2.75) is 70.4 Å². The number of carbonyl (C=O) groups excluding carboxylic acids is 1. The molecule has 0 saturated heterocycles. The minimum atomic E-state index is -3.79. The largest absolute Gasteiger partial charge is 0.351 e. The highest BCUT2D eigenvalue weighted by Crippen LogP contribution is 2.31. The predicted molar refractivity (Wildman–Crippen MR) is 118 cm³/mol. The number of hydrogen-bond donors (Lipinski definition) is 1. The van der Waals surface area contributed by atoms with Crippen molar-refractivity contribution in [2.75, 3.05) is 6.54 Å². The van der Waals surface area contributed by atoms with Crippen molar-refractivity contribution in [3.05, 3.63) is 58.9 Å². The lowest BCUT2D eigenvalue weighted by Gasteiger charge is -2.33. The zero-order chi connectivity index (χ0) is 21.7. The van der Waals surface area contributed by atoms with Gasteiger partial charge in [-0.3, -0.25) is 9.78 Å². The Hall–Kier alpha value is -2.25. The smallest absolute Gasteiger partial charge is 0.244 e. The Kier molecular flexibility index (Phi) is 7.26. The van der Waals surface area contributed by atoms with Crippen molar-refractivity contribution in [3.63, 3.8) is 0 Å². The fourth-order valence-corrected chi connectivity index (χ4v) is 6.43. The molecule has 1 fully saturated rings. The van der Waals surface area contributed by atoms with Crippen LogP contribution < -0.4 is 5.32 Å². The molecule has 1 aliphatic carbocycles. The normalized spacial score (nSPS) is 15.3. The van der Waals surface area contributed by atoms with Gasteiger partial charge in [0.2, 0.25) is 15.9 Å². The molecule has 162 valence electrons. The highest BCUT2D eigenvalue weighted by molar-refractivity contribution is 7.89. The molecule has 0 aliphatic heterocycles. The molecule has 0 unspecified atom stereocenters. The molecule has 2 aromatic rings. The van der Waals surface area contributed by atoms with Gasteiger partial charge in [-0.25, -0.2) is 8.42 Å². The number of benzene rings is 1. The summed E-state index contributed by atoms with van der Waals surface area (Å²) in [5.74, 6) is -0.289. The quantitative estimate of drug-likeness (QED) is 0.729. The monoisotopic (exact) mass is 429 g/mol. The minimum Gasteiger partial charge on any atom is -0.351 e. The van der Waals surface area contributed by atoms with Gasteiger partial charge in [0, 0.05) is 25.0 Å². The summed E-state index contributed by atoms with van der Waals surface area (Å²) >= 11 is 0. The lowest BCUT2D eigenvalue weighted by molar-refractivity contribution is -0.121. The molecule has 0 bridgehead atoms. The second-order valence-electron chi connectivity index (χ2n) is 8.20. The van der Waals surface area contributed by atoms with Gasteiger partial charge in [0.25, 0.3) is 0 Å². The first kappa shape index (κ1) is 22.4. The molecule has 1 heterocycles. The van der Waals surface area contributed by atoms with Gasteiger partial charge in [-0.2, -0.15) is 4.31 Å². The topological polar surface area (TPSA) is 79.4 Å².